The fourth-order valence-electron chi connectivity index (χ4n) is 1.60. The summed E-state index contributed by atoms with van der Waals surface area (Å²) in [6.45, 7) is -0.305. The monoisotopic (exact) mass is 227 g/mol. The molecule has 1 N–H and O–H groups in total. The van der Waals surface area contributed by atoms with Crippen molar-refractivity contribution in [1.82, 2.24) is 4.98 Å². The lowest BCUT2D eigenvalue weighted by molar-refractivity contribution is -0.136. The molecule has 0 spiro atoms. The Labute approximate surface area is 89.4 Å². The van der Waals surface area contributed by atoms with Gasteiger partial charge >= 0.3 is 6.18 Å². The summed E-state index contributed by atoms with van der Waals surface area (Å²) in [7, 11) is 0. The van der Waals surface area contributed by atoms with Gasteiger partial charge < -0.3 is 5.11 Å². The highest BCUT2D eigenvalue weighted by Gasteiger charge is 2.33. The van der Waals surface area contributed by atoms with Crippen LogP contribution in [0, 0.1) is 0 Å². The van der Waals surface area contributed by atoms with Crippen molar-refractivity contribution in [1.29, 1.82) is 0 Å². The maximum absolute atomic E-state index is 12.7. The van der Waals surface area contributed by atoms with Crippen LogP contribution in [0.25, 0.3) is 10.9 Å². The number of hydrogen-bond acceptors (Lipinski definition) is 2. The van der Waals surface area contributed by atoms with E-state index in [-0.39, 0.29) is 12.1 Å². The van der Waals surface area contributed by atoms with Gasteiger partial charge in [-0.05, 0) is 17.7 Å². The minimum atomic E-state index is -4.43. The van der Waals surface area contributed by atoms with Gasteiger partial charge in [-0.25, -0.2) is 0 Å². The number of benzene rings is 1. The van der Waals surface area contributed by atoms with E-state index in [4.69, 9.17) is 5.11 Å². The normalized spacial score (nSPS) is 12.0. The first kappa shape index (κ1) is 10.9. The second kappa shape index (κ2) is 3.75. The lowest BCUT2D eigenvalue weighted by Gasteiger charge is -2.10. The quantitative estimate of drug-likeness (QED) is 0.812. The van der Waals surface area contributed by atoms with E-state index in [1.165, 1.54) is 24.4 Å². The van der Waals surface area contributed by atoms with E-state index in [1.54, 1.807) is 0 Å². The van der Waals surface area contributed by atoms with Crippen molar-refractivity contribution in [3.8, 4) is 0 Å². The molecule has 0 unspecified atom stereocenters. The molecule has 2 nitrogen and oxygen atoms in total. The summed E-state index contributed by atoms with van der Waals surface area (Å²) in [5, 5.41) is 9.35. The molecule has 0 atom stereocenters. The van der Waals surface area contributed by atoms with Crippen LogP contribution in [0.15, 0.2) is 30.5 Å². The molecular formula is C11H8F3NO. The third kappa shape index (κ3) is 1.74. The van der Waals surface area contributed by atoms with Crippen molar-refractivity contribution >= 4 is 10.9 Å². The zero-order valence-corrected chi connectivity index (χ0v) is 8.12. The summed E-state index contributed by atoms with van der Waals surface area (Å²) in [6, 6.07) is 5.31. The van der Waals surface area contributed by atoms with Gasteiger partial charge in [0, 0.05) is 11.6 Å². The Kier molecular flexibility index (Phi) is 2.55. The molecule has 84 valence electrons. The van der Waals surface area contributed by atoms with Gasteiger partial charge in [0.2, 0.25) is 0 Å². The van der Waals surface area contributed by atoms with Gasteiger partial charge in [-0.3, -0.25) is 4.98 Å². The second-order valence-electron chi connectivity index (χ2n) is 3.33. The van der Waals surface area contributed by atoms with Crippen LogP contribution in [0.1, 0.15) is 11.1 Å². The Bertz CT molecular complexity index is 522. The van der Waals surface area contributed by atoms with Gasteiger partial charge in [-0.1, -0.05) is 12.1 Å². The van der Waals surface area contributed by atoms with E-state index in [0.29, 0.717) is 10.9 Å². The number of hydrogen-bond donors (Lipinski definition) is 1. The van der Waals surface area contributed by atoms with Crippen molar-refractivity contribution in [3.63, 3.8) is 0 Å². The molecule has 1 aromatic heterocycles. The third-order valence-electron chi connectivity index (χ3n) is 2.34. The minimum Gasteiger partial charge on any atom is -0.392 e. The minimum absolute atomic E-state index is 0.124. The lowest BCUT2D eigenvalue weighted by Crippen LogP contribution is -2.06. The van der Waals surface area contributed by atoms with Gasteiger partial charge in [0.1, 0.15) is 0 Å². The van der Waals surface area contributed by atoms with Crippen LogP contribution in [0.2, 0.25) is 0 Å². The highest BCUT2D eigenvalue weighted by Crippen LogP contribution is 2.34. The van der Waals surface area contributed by atoms with Crippen LogP contribution in [0.5, 0.6) is 0 Å². The number of aliphatic hydroxyl groups excluding tert-OH is 1. The summed E-state index contributed by atoms with van der Waals surface area (Å²) in [6.07, 6.45) is -3.16. The smallest absolute Gasteiger partial charge is 0.392 e. The topological polar surface area (TPSA) is 33.1 Å². The number of pyridine rings is 1. The molecule has 0 aliphatic carbocycles. The predicted molar refractivity (Wildman–Crippen MR) is 52.7 cm³/mol. The molecule has 0 saturated heterocycles. The fraction of sp³-hybridized carbons (Fsp3) is 0.182. The zero-order valence-electron chi connectivity index (χ0n) is 8.12. The zero-order chi connectivity index (χ0) is 11.8. The number of aromatic nitrogens is 1. The standard InChI is InChI=1S/C11H8F3NO/c12-11(13,14)9-3-1-2-8-7(6-16)4-5-15-10(8)9/h1-5,16H,6H2. The number of halogens is 3. The number of nitrogens with zero attached hydrogens (tertiary/aromatic N) is 1. The van der Waals surface area contributed by atoms with Crippen LogP contribution in [0.3, 0.4) is 0 Å². The summed E-state index contributed by atoms with van der Waals surface area (Å²) in [5.41, 5.74) is -0.460. The van der Waals surface area contributed by atoms with Gasteiger partial charge in [-0.2, -0.15) is 13.2 Å². The summed E-state index contributed by atoms with van der Waals surface area (Å²) in [5.74, 6) is 0. The number of rotatable bonds is 1. The van der Waals surface area contributed by atoms with E-state index in [2.05, 4.69) is 4.98 Å². The van der Waals surface area contributed by atoms with E-state index >= 15 is 0 Å². The average molecular weight is 227 g/mol. The van der Waals surface area contributed by atoms with Crippen molar-refractivity contribution < 1.29 is 18.3 Å². The van der Waals surface area contributed by atoms with Crippen molar-refractivity contribution in [2.24, 2.45) is 0 Å². The van der Waals surface area contributed by atoms with Crippen molar-refractivity contribution in [2.45, 2.75) is 12.8 Å². The molecule has 0 saturated carbocycles. The Morgan fingerprint density at radius 3 is 2.56 bits per heavy atom. The van der Waals surface area contributed by atoms with Gasteiger partial charge in [-0.15, -0.1) is 0 Å². The predicted octanol–water partition coefficient (Wildman–Crippen LogP) is 2.75. The molecule has 0 radical (unpaired) electrons. The SMILES string of the molecule is OCc1ccnc2c(C(F)(F)F)cccc12. The molecule has 16 heavy (non-hydrogen) atoms. The summed E-state index contributed by atoms with van der Waals surface area (Å²) < 4.78 is 38.0. The molecule has 1 heterocycles. The molecule has 2 aromatic rings. The molecular weight excluding hydrogens is 219 g/mol. The number of para-hydroxylation sites is 1. The first-order valence-corrected chi connectivity index (χ1v) is 4.58. The van der Waals surface area contributed by atoms with Crippen molar-refractivity contribution in [2.75, 3.05) is 0 Å². The first-order valence-electron chi connectivity index (χ1n) is 4.58. The number of fused-ring (bicyclic) bond motifs is 1. The van der Waals surface area contributed by atoms with E-state index in [0.717, 1.165) is 6.07 Å². The molecule has 2 rings (SSSR count). The molecule has 0 bridgehead atoms. The molecule has 5 heteroatoms. The van der Waals surface area contributed by atoms with Crippen LogP contribution in [0.4, 0.5) is 13.2 Å². The lowest BCUT2D eigenvalue weighted by atomic mass is 10.1. The molecule has 1 aromatic carbocycles. The Morgan fingerprint density at radius 1 is 1.19 bits per heavy atom. The molecule has 0 aliphatic heterocycles. The Balaban J connectivity index is 2.79. The summed E-state index contributed by atoms with van der Waals surface area (Å²) in [4.78, 5) is 3.73. The third-order valence-corrected chi connectivity index (χ3v) is 2.34. The van der Waals surface area contributed by atoms with Crippen molar-refractivity contribution in [3.05, 3.63) is 41.6 Å². The fourth-order valence-corrected chi connectivity index (χ4v) is 1.60. The highest BCUT2D eigenvalue weighted by atomic mass is 19.4. The maximum Gasteiger partial charge on any atom is 0.418 e. The first-order chi connectivity index (χ1) is 7.54. The van der Waals surface area contributed by atoms with Gasteiger partial charge in [0.15, 0.2) is 0 Å². The molecule has 0 amide bonds. The van der Waals surface area contributed by atoms with Crippen LogP contribution >= 0.6 is 0 Å². The van der Waals surface area contributed by atoms with E-state index in [1.807, 2.05) is 0 Å². The van der Waals surface area contributed by atoms with Crippen LogP contribution in [-0.2, 0) is 12.8 Å². The van der Waals surface area contributed by atoms with E-state index in [9.17, 15) is 13.2 Å². The van der Waals surface area contributed by atoms with Crippen LogP contribution in [-0.4, -0.2) is 10.1 Å². The molecule has 0 aliphatic rings. The largest absolute Gasteiger partial charge is 0.418 e. The number of aliphatic hydroxyl groups is 1. The van der Waals surface area contributed by atoms with E-state index < -0.39 is 11.7 Å². The Morgan fingerprint density at radius 2 is 1.94 bits per heavy atom. The summed E-state index contributed by atoms with van der Waals surface area (Å²) >= 11 is 0. The molecule has 0 fully saturated rings. The number of alkyl halides is 3. The highest BCUT2D eigenvalue weighted by molar-refractivity contribution is 5.85. The van der Waals surface area contributed by atoms with Gasteiger partial charge in [0.05, 0.1) is 17.7 Å². The maximum atomic E-state index is 12.7. The van der Waals surface area contributed by atoms with Crippen LogP contribution < -0.4 is 0 Å². The van der Waals surface area contributed by atoms with Gasteiger partial charge in [0.25, 0.3) is 0 Å². The average Bonchev–Trinajstić information content (AvgIpc) is 2.26. The second-order valence-corrected chi connectivity index (χ2v) is 3.33. The Hall–Kier alpha value is -1.62.